The van der Waals surface area contributed by atoms with Crippen LogP contribution < -0.4 is 28.6 Å². The summed E-state index contributed by atoms with van der Waals surface area (Å²) in [7, 11) is 7.71. The van der Waals surface area contributed by atoms with Gasteiger partial charge in [-0.3, -0.25) is 9.69 Å². The average Bonchev–Trinajstić information content (AvgIpc) is 2.88. The Balaban J connectivity index is 2.11. The molecule has 0 fully saturated rings. The minimum atomic E-state index is -0.320. The highest BCUT2D eigenvalue weighted by Crippen LogP contribution is 2.39. The third-order valence-corrected chi connectivity index (χ3v) is 5.13. The molecule has 0 aliphatic rings. The normalized spacial score (nSPS) is 10.9. The Hall–Kier alpha value is -4.20. The number of hydrogen-bond acceptors (Lipinski definition) is 7. The molecule has 0 saturated heterocycles. The molecule has 0 spiro atoms. The first-order valence-corrected chi connectivity index (χ1v) is 10.4. The second kappa shape index (κ2) is 11.1. The van der Waals surface area contributed by atoms with Gasteiger partial charge in [-0.1, -0.05) is 0 Å². The number of anilines is 1. The number of aliphatic imine (C=N–C) groups is 1. The first-order valence-electron chi connectivity index (χ1n) is 10.4. The molecule has 3 aromatic carbocycles. The van der Waals surface area contributed by atoms with Gasteiger partial charge in [0, 0.05) is 5.56 Å². The molecule has 0 aromatic heterocycles. The topological polar surface area (TPSA) is 78.8 Å². The quantitative estimate of drug-likeness (QED) is 0.340. The van der Waals surface area contributed by atoms with Crippen molar-refractivity contribution in [3.05, 3.63) is 66.2 Å². The number of carbonyl (C=O) groups is 1. The smallest absolute Gasteiger partial charge is 0.264 e. The van der Waals surface area contributed by atoms with Gasteiger partial charge in [0.2, 0.25) is 5.75 Å². The summed E-state index contributed by atoms with van der Waals surface area (Å²) in [6.07, 6.45) is 0. The Morgan fingerprint density at radius 1 is 0.706 bits per heavy atom. The van der Waals surface area contributed by atoms with Gasteiger partial charge in [-0.25, -0.2) is 4.99 Å². The fourth-order valence-corrected chi connectivity index (χ4v) is 3.41. The van der Waals surface area contributed by atoms with Crippen LogP contribution in [-0.4, -0.2) is 47.3 Å². The standard InChI is InChI=1S/C26H28N2O6/c1-17(27-19-7-11-21(30-2)12-8-19)28(20-9-13-22(31-3)14-10-20)26(29)18-15-23(32-4)25(34-6)24(16-18)33-5/h7-16H,1-6H3. The van der Waals surface area contributed by atoms with Crippen LogP contribution in [0.4, 0.5) is 11.4 Å². The first kappa shape index (κ1) is 24.4. The van der Waals surface area contributed by atoms with Gasteiger partial charge in [0.1, 0.15) is 17.3 Å². The minimum absolute atomic E-state index is 0.320. The first-order chi connectivity index (χ1) is 16.4. The number of rotatable bonds is 8. The predicted octanol–water partition coefficient (Wildman–Crippen LogP) is 5.13. The number of ether oxygens (including phenoxy) is 5. The van der Waals surface area contributed by atoms with E-state index < -0.39 is 0 Å². The summed E-state index contributed by atoms with van der Waals surface area (Å²) in [6.45, 7) is 1.77. The summed E-state index contributed by atoms with van der Waals surface area (Å²) >= 11 is 0. The Morgan fingerprint density at radius 3 is 1.65 bits per heavy atom. The highest BCUT2D eigenvalue weighted by atomic mass is 16.5. The third kappa shape index (κ3) is 5.23. The summed E-state index contributed by atoms with van der Waals surface area (Å²) in [4.78, 5) is 20.0. The van der Waals surface area contributed by atoms with Gasteiger partial charge in [0.15, 0.2) is 11.5 Å². The van der Waals surface area contributed by atoms with Crippen molar-refractivity contribution in [2.24, 2.45) is 4.99 Å². The highest BCUT2D eigenvalue weighted by molar-refractivity contribution is 6.22. The maximum atomic E-state index is 13.8. The molecule has 0 aliphatic heterocycles. The van der Waals surface area contributed by atoms with E-state index in [9.17, 15) is 4.79 Å². The monoisotopic (exact) mass is 464 g/mol. The summed E-state index contributed by atoms with van der Waals surface area (Å²) in [6, 6.07) is 17.6. The van der Waals surface area contributed by atoms with Crippen LogP contribution in [0.2, 0.25) is 0 Å². The number of benzene rings is 3. The molecule has 34 heavy (non-hydrogen) atoms. The van der Waals surface area contributed by atoms with Crippen molar-refractivity contribution in [2.45, 2.75) is 6.92 Å². The second-order valence-corrected chi connectivity index (χ2v) is 7.11. The predicted molar refractivity (Wildman–Crippen MR) is 132 cm³/mol. The van der Waals surface area contributed by atoms with Crippen LogP contribution in [-0.2, 0) is 0 Å². The van der Waals surface area contributed by atoms with Crippen molar-refractivity contribution in [1.82, 2.24) is 0 Å². The van der Waals surface area contributed by atoms with E-state index in [0.717, 1.165) is 5.75 Å². The second-order valence-electron chi connectivity index (χ2n) is 7.11. The minimum Gasteiger partial charge on any atom is -0.497 e. The number of nitrogens with zero attached hydrogens (tertiary/aromatic N) is 2. The van der Waals surface area contributed by atoms with Gasteiger partial charge in [-0.2, -0.15) is 0 Å². The average molecular weight is 465 g/mol. The largest absolute Gasteiger partial charge is 0.497 e. The fourth-order valence-electron chi connectivity index (χ4n) is 3.41. The molecule has 0 bridgehead atoms. The molecular formula is C26H28N2O6. The van der Waals surface area contributed by atoms with Crippen molar-refractivity contribution in [3.63, 3.8) is 0 Å². The van der Waals surface area contributed by atoms with E-state index in [1.807, 2.05) is 24.3 Å². The summed E-state index contributed by atoms with van der Waals surface area (Å²) < 4.78 is 26.7. The molecule has 8 nitrogen and oxygen atoms in total. The molecule has 0 aliphatic carbocycles. The van der Waals surface area contributed by atoms with Gasteiger partial charge in [0.05, 0.1) is 46.9 Å². The van der Waals surface area contributed by atoms with Crippen LogP contribution in [0.25, 0.3) is 0 Å². The third-order valence-electron chi connectivity index (χ3n) is 5.13. The number of amidine groups is 1. The summed E-state index contributed by atoms with van der Waals surface area (Å²) in [5.74, 6) is 2.70. The molecule has 1 amide bonds. The molecule has 178 valence electrons. The Labute approximate surface area is 199 Å². The van der Waals surface area contributed by atoms with Crippen LogP contribution in [0, 0.1) is 0 Å². The maximum Gasteiger partial charge on any atom is 0.264 e. The molecule has 0 unspecified atom stereocenters. The van der Waals surface area contributed by atoms with Gasteiger partial charge in [-0.05, 0) is 67.6 Å². The lowest BCUT2D eigenvalue weighted by Crippen LogP contribution is -2.35. The Bertz CT molecular complexity index is 1130. The molecule has 3 aromatic rings. The lowest BCUT2D eigenvalue weighted by molar-refractivity contribution is 0.100. The zero-order valence-corrected chi connectivity index (χ0v) is 20.1. The summed E-state index contributed by atoms with van der Waals surface area (Å²) in [5, 5.41) is 0. The van der Waals surface area contributed by atoms with Crippen molar-refractivity contribution in [1.29, 1.82) is 0 Å². The molecule has 0 radical (unpaired) electrons. The fraction of sp³-hybridized carbons (Fsp3) is 0.231. The SMILES string of the molecule is COc1ccc(N=C(C)N(C(=O)c2cc(OC)c(OC)c(OC)c2)c2ccc(OC)cc2)cc1. The van der Waals surface area contributed by atoms with Gasteiger partial charge >= 0.3 is 0 Å². The molecule has 8 heteroatoms. The van der Waals surface area contributed by atoms with Crippen molar-refractivity contribution < 1.29 is 28.5 Å². The van der Waals surface area contributed by atoms with Crippen LogP contribution in [0.3, 0.4) is 0 Å². The van der Waals surface area contributed by atoms with Crippen LogP contribution in [0.1, 0.15) is 17.3 Å². The van der Waals surface area contributed by atoms with Gasteiger partial charge in [-0.15, -0.1) is 0 Å². The summed E-state index contributed by atoms with van der Waals surface area (Å²) in [5.41, 5.74) is 1.64. The number of carbonyl (C=O) groups excluding carboxylic acids is 1. The number of methoxy groups -OCH3 is 5. The van der Waals surface area contributed by atoms with E-state index in [-0.39, 0.29) is 5.91 Å². The van der Waals surface area contributed by atoms with Crippen molar-refractivity contribution in [2.75, 3.05) is 40.4 Å². The molecule has 0 heterocycles. The van der Waals surface area contributed by atoms with E-state index >= 15 is 0 Å². The lowest BCUT2D eigenvalue weighted by Gasteiger charge is -2.24. The van der Waals surface area contributed by atoms with Crippen LogP contribution in [0.5, 0.6) is 28.7 Å². The van der Waals surface area contributed by atoms with E-state index in [4.69, 9.17) is 23.7 Å². The lowest BCUT2D eigenvalue weighted by atomic mass is 10.1. The van der Waals surface area contributed by atoms with Crippen LogP contribution in [0.15, 0.2) is 65.7 Å². The molecule has 3 rings (SSSR count). The zero-order valence-electron chi connectivity index (χ0n) is 20.1. The zero-order chi connectivity index (χ0) is 24.7. The molecular weight excluding hydrogens is 436 g/mol. The number of amides is 1. The molecule has 0 N–H and O–H groups in total. The van der Waals surface area contributed by atoms with E-state index in [0.29, 0.717) is 45.8 Å². The van der Waals surface area contributed by atoms with Gasteiger partial charge < -0.3 is 23.7 Å². The van der Waals surface area contributed by atoms with E-state index in [2.05, 4.69) is 4.99 Å². The van der Waals surface area contributed by atoms with Gasteiger partial charge in [0.25, 0.3) is 5.91 Å². The van der Waals surface area contributed by atoms with Crippen molar-refractivity contribution in [3.8, 4) is 28.7 Å². The van der Waals surface area contributed by atoms with Crippen LogP contribution >= 0.6 is 0 Å². The molecule has 0 saturated carbocycles. The molecule has 0 atom stereocenters. The van der Waals surface area contributed by atoms with E-state index in [1.165, 1.54) is 26.2 Å². The van der Waals surface area contributed by atoms with Crippen molar-refractivity contribution >= 4 is 23.1 Å². The number of hydrogen-bond donors (Lipinski definition) is 0. The highest BCUT2D eigenvalue weighted by Gasteiger charge is 2.24. The Kier molecular flexibility index (Phi) is 7.97. The maximum absolute atomic E-state index is 13.8. The van der Waals surface area contributed by atoms with E-state index in [1.54, 1.807) is 57.5 Å². The Morgan fingerprint density at radius 2 is 1.21 bits per heavy atom.